The highest BCUT2D eigenvalue weighted by molar-refractivity contribution is 6.39. The van der Waals surface area contributed by atoms with Gasteiger partial charge in [0, 0.05) is 68.4 Å². The molecule has 3 aromatic rings. The maximum Gasteiger partial charge on any atom is 0.326 e. The lowest BCUT2D eigenvalue weighted by molar-refractivity contribution is -0.140. The summed E-state index contributed by atoms with van der Waals surface area (Å²) >= 11 is 13.7. The third-order valence-corrected chi connectivity index (χ3v) is 8.89. The van der Waals surface area contributed by atoms with Gasteiger partial charge in [-0.3, -0.25) is 19.3 Å². The van der Waals surface area contributed by atoms with E-state index in [0.29, 0.717) is 58.0 Å². The molecule has 0 spiro atoms. The predicted molar refractivity (Wildman–Crippen MR) is 170 cm³/mol. The average Bonchev–Trinajstić information content (AvgIpc) is 3.03. The van der Waals surface area contributed by atoms with Crippen LogP contribution in [0, 0.1) is 11.7 Å². The molecule has 2 aliphatic heterocycles. The van der Waals surface area contributed by atoms with E-state index in [9.17, 15) is 19.2 Å². The van der Waals surface area contributed by atoms with E-state index in [1.54, 1.807) is 42.5 Å². The molecule has 3 aromatic carbocycles. The second-order valence-corrected chi connectivity index (χ2v) is 11.8. The largest absolute Gasteiger partial charge is 0.496 e. The van der Waals surface area contributed by atoms with Gasteiger partial charge in [-0.05, 0) is 30.2 Å². The molecule has 5 rings (SSSR count). The van der Waals surface area contributed by atoms with Gasteiger partial charge in [0.15, 0.2) is 0 Å². The topological polar surface area (TPSA) is 120 Å². The van der Waals surface area contributed by atoms with Crippen molar-refractivity contribution in [2.75, 3.05) is 39.6 Å². The SMILES string of the molecule is COc1cc(-c2cccc(-c3cccc(NC(=O)C4CN(C)C(=O)N(C)C4=O)c3Cl)c2Cl)cc(F)c1CN[C@@H]1CCC(=O)NC1. The van der Waals surface area contributed by atoms with Gasteiger partial charge < -0.3 is 25.6 Å². The zero-order valence-electron chi connectivity index (χ0n) is 24.9. The summed E-state index contributed by atoms with van der Waals surface area (Å²) in [4.78, 5) is 51.5. The third kappa shape index (κ3) is 6.61. The summed E-state index contributed by atoms with van der Waals surface area (Å²) in [6.07, 6.45) is 1.08. The van der Waals surface area contributed by atoms with Crippen LogP contribution in [0.3, 0.4) is 0 Å². The maximum absolute atomic E-state index is 15.5. The first-order valence-corrected chi connectivity index (χ1v) is 15.0. The molecule has 2 aliphatic rings. The molecule has 1 unspecified atom stereocenters. The minimum atomic E-state index is -1.10. The quantitative estimate of drug-likeness (QED) is 0.296. The number of carbonyl (C=O) groups is 4. The van der Waals surface area contributed by atoms with Crippen molar-refractivity contribution in [2.45, 2.75) is 25.4 Å². The fourth-order valence-corrected chi connectivity index (χ4v) is 6.11. The number of amides is 5. The molecule has 2 atom stereocenters. The molecule has 0 bridgehead atoms. The molecule has 2 heterocycles. The van der Waals surface area contributed by atoms with Gasteiger partial charge in [-0.25, -0.2) is 9.18 Å². The fourth-order valence-electron chi connectivity index (χ4n) is 5.50. The first-order chi connectivity index (χ1) is 21.5. The van der Waals surface area contributed by atoms with E-state index in [1.165, 1.54) is 32.2 Å². The lowest BCUT2D eigenvalue weighted by Gasteiger charge is -2.33. The number of nitrogens with zero attached hydrogens (tertiary/aromatic N) is 2. The lowest BCUT2D eigenvalue weighted by Crippen LogP contribution is -2.56. The Labute approximate surface area is 269 Å². The Balaban J connectivity index is 1.40. The van der Waals surface area contributed by atoms with E-state index in [2.05, 4.69) is 16.0 Å². The summed E-state index contributed by atoms with van der Waals surface area (Å²) in [5.41, 5.74) is 2.69. The van der Waals surface area contributed by atoms with Crippen molar-refractivity contribution in [1.29, 1.82) is 0 Å². The Hall–Kier alpha value is -4.19. The number of carbonyl (C=O) groups excluding carboxylic acids is 4. The molecule has 0 aliphatic carbocycles. The third-order valence-electron chi connectivity index (χ3n) is 8.08. The molecule has 45 heavy (non-hydrogen) atoms. The van der Waals surface area contributed by atoms with Gasteiger partial charge in [0.1, 0.15) is 17.5 Å². The van der Waals surface area contributed by atoms with Crippen molar-refractivity contribution in [2.24, 2.45) is 5.92 Å². The van der Waals surface area contributed by atoms with E-state index < -0.39 is 29.6 Å². The van der Waals surface area contributed by atoms with Gasteiger partial charge in [-0.1, -0.05) is 53.5 Å². The monoisotopic (exact) mass is 655 g/mol. The van der Waals surface area contributed by atoms with Crippen LogP contribution >= 0.6 is 23.2 Å². The van der Waals surface area contributed by atoms with Crippen molar-refractivity contribution in [3.63, 3.8) is 0 Å². The molecule has 0 radical (unpaired) electrons. The summed E-state index contributed by atoms with van der Waals surface area (Å²) in [5.74, 6) is -2.43. The predicted octanol–water partition coefficient (Wildman–Crippen LogP) is 4.92. The average molecular weight is 657 g/mol. The van der Waals surface area contributed by atoms with Gasteiger partial charge in [0.25, 0.3) is 0 Å². The van der Waals surface area contributed by atoms with Crippen LogP contribution in [0.2, 0.25) is 10.0 Å². The molecule has 5 amide bonds. The Bertz CT molecular complexity index is 1680. The van der Waals surface area contributed by atoms with Gasteiger partial charge in [-0.15, -0.1) is 0 Å². The molecular weight excluding hydrogens is 624 g/mol. The van der Waals surface area contributed by atoms with Gasteiger partial charge in [-0.2, -0.15) is 0 Å². The number of halogens is 3. The Kier molecular flexibility index (Phi) is 9.62. The molecular formula is C32H32Cl2FN5O5. The molecule has 0 saturated carbocycles. The van der Waals surface area contributed by atoms with Gasteiger partial charge >= 0.3 is 6.03 Å². The maximum atomic E-state index is 15.5. The molecule has 3 N–H and O–H groups in total. The first kappa shape index (κ1) is 32.2. The summed E-state index contributed by atoms with van der Waals surface area (Å²) in [6, 6.07) is 12.9. The number of imide groups is 1. The molecule has 10 nitrogen and oxygen atoms in total. The van der Waals surface area contributed by atoms with Crippen molar-refractivity contribution in [3.05, 3.63) is 70.0 Å². The Morgan fingerprint density at radius 1 is 1.04 bits per heavy atom. The fraction of sp³-hybridized carbons (Fsp3) is 0.312. The normalized spacial score (nSPS) is 18.6. The second kappa shape index (κ2) is 13.4. The summed E-state index contributed by atoms with van der Waals surface area (Å²) in [7, 11) is 4.31. The smallest absolute Gasteiger partial charge is 0.326 e. The Morgan fingerprint density at radius 3 is 2.42 bits per heavy atom. The highest BCUT2D eigenvalue weighted by Gasteiger charge is 2.39. The number of methoxy groups -OCH3 is 1. The van der Waals surface area contributed by atoms with Crippen molar-refractivity contribution < 1.29 is 28.3 Å². The highest BCUT2D eigenvalue weighted by atomic mass is 35.5. The minimum absolute atomic E-state index is 0.00813. The molecule has 2 fully saturated rings. The number of hydrogen-bond donors (Lipinski definition) is 3. The number of benzene rings is 3. The molecule has 236 valence electrons. The summed E-state index contributed by atoms with van der Waals surface area (Å²) in [5, 5.41) is 9.30. The van der Waals surface area contributed by atoms with Crippen LogP contribution in [0.25, 0.3) is 22.3 Å². The van der Waals surface area contributed by atoms with E-state index in [1.807, 2.05) is 0 Å². The second-order valence-electron chi connectivity index (χ2n) is 11.0. The summed E-state index contributed by atoms with van der Waals surface area (Å²) < 4.78 is 21.0. The highest BCUT2D eigenvalue weighted by Crippen LogP contribution is 2.42. The standard InChI is InChI=1S/C32H32Cl2FN5O5/c1-39-16-23(31(43)40(2)32(39)44)30(42)38-25-9-5-8-21(29(25)34)20-7-4-6-19(28(20)33)17-12-24(35)22(26(13-17)45-3)15-36-18-10-11-27(41)37-14-18/h4-9,12-13,18,23,36H,10-11,14-16H2,1-3H3,(H,37,41)(H,38,42)/t18-,23?/m1/s1. The van der Waals surface area contributed by atoms with E-state index >= 15 is 4.39 Å². The molecule has 2 saturated heterocycles. The Morgan fingerprint density at radius 2 is 1.73 bits per heavy atom. The van der Waals surface area contributed by atoms with Crippen LogP contribution in [-0.4, -0.2) is 73.9 Å². The molecule has 0 aromatic heterocycles. The van der Waals surface area contributed by atoms with Gasteiger partial charge in [0.05, 0.1) is 22.8 Å². The number of anilines is 1. The zero-order valence-corrected chi connectivity index (χ0v) is 26.4. The van der Waals surface area contributed by atoms with Crippen LogP contribution in [-0.2, 0) is 20.9 Å². The first-order valence-electron chi connectivity index (χ1n) is 14.3. The lowest BCUT2D eigenvalue weighted by atomic mass is 9.96. The molecule has 13 heteroatoms. The van der Waals surface area contributed by atoms with Crippen molar-refractivity contribution in [3.8, 4) is 28.0 Å². The van der Waals surface area contributed by atoms with E-state index in [-0.39, 0.29) is 35.7 Å². The zero-order chi connectivity index (χ0) is 32.4. The van der Waals surface area contributed by atoms with Crippen molar-refractivity contribution >= 4 is 52.6 Å². The van der Waals surface area contributed by atoms with Gasteiger partial charge in [0.2, 0.25) is 17.7 Å². The number of urea groups is 1. The van der Waals surface area contributed by atoms with E-state index in [4.69, 9.17) is 27.9 Å². The summed E-state index contributed by atoms with van der Waals surface area (Å²) in [6.45, 7) is 0.630. The van der Waals surface area contributed by atoms with Crippen LogP contribution < -0.4 is 20.7 Å². The van der Waals surface area contributed by atoms with Crippen LogP contribution in [0.15, 0.2) is 48.5 Å². The number of hydrogen-bond acceptors (Lipinski definition) is 6. The number of rotatable bonds is 8. The number of ether oxygens (including phenoxy) is 1. The minimum Gasteiger partial charge on any atom is -0.496 e. The number of nitrogens with one attached hydrogen (secondary N) is 3. The van der Waals surface area contributed by atoms with Crippen LogP contribution in [0.1, 0.15) is 18.4 Å². The van der Waals surface area contributed by atoms with Crippen molar-refractivity contribution in [1.82, 2.24) is 20.4 Å². The van der Waals surface area contributed by atoms with E-state index in [0.717, 1.165) is 4.90 Å². The van der Waals surface area contributed by atoms with Crippen LogP contribution in [0.4, 0.5) is 14.9 Å². The van der Waals surface area contributed by atoms with Crippen LogP contribution in [0.5, 0.6) is 5.75 Å². The number of piperidine rings is 1.